The first-order valence-electron chi connectivity index (χ1n) is 8.60. The van der Waals surface area contributed by atoms with Crippen molar-refractivity contribution >= 4 is 17.7 Å². The average molecular weight is 383 g/mol. The largest absolute Gasteiger partial charge is 0.494 e. The van der Waals surface area contributed by atoms with Crippen molar-refractivity contribution < 1.29 is 14.3 Å². The molecular formula is C20H21N3O3S. The first-order chi connectivity index (χ1) is 13.1. The van der Waals surface area contributed by atoms with Gasteiger partial charge in [0.1, 0.15) is 11.5 Å². The van der Waals surface area contributed by atoms with Crippen molar-refractivity contribution in [3.05, 3.63) is 54.1 Å². The molecule has 0 aliphatic rings. The number of hydrogen-bond donors (Lipinski definition) is 0. The van der Waals surface area contributed by atoms with E-state index in [4.69, 9.17) is 9.47 Å². The van der Waals surface area contributed by atoms with Gasteiger partial charge in [0.25, 0.3) is 0 Å². The number of carbonyl (C=O) groups is 1. The van der Waals surface area contributed by atoms with Crippen LogP contribution in [0.1, 0.15) is 12.5 Å². The van der Waals surface area contributed by atoms with Crippen LogP contribution in [0.15, 0.2) is 53.7 Å². The van der Waals surface area contributed by atoms with Gasteiger partial charge in [0.2, 0.25) is 0 Å². The van der Waals surface area contributed by atoms with E-state index in [9.17, 15) is 4.79 Å². The quantitative estimate of drug-likeness (QED) is 0.350. The van der Waals surface area contributed by atoms with Crippen molar-refractivity contribution in [2.24, 2.45) is 7.05 Å². The molecule has 140 valence electrons. The molecule has 0 spiro atoms. The lowest BCUT2D eigenvalue weighted by molar-refractivity contribution is -0.131. The third-order valence-corrected chi connectivity index (χ3v) is 4.90. The zero-order valence-corrected chi connectivity index (χ0v) is 16.3. The average Bonchev–Trinajstić information content (AvgIpc) is 3.03. The Morgan fingerprint density at radius 3 is 2.48 bits per heavy atom. The Morgan fingerprint density at radius 1 is 1.07 bits per heavy atom. The summed E-state index contributed by atoms with van der Waals surface area (Å²) in [6.07, 6.45) is 0. The number of rotatable bonds is 7. The third-order valence-electron chi connectivity index (χ3n) is 3.91. The minimum Gasteiger partial charge on any atom is -0.494 e. The van der Waals surface area contributed by atoms with Crippen LogP contribution in [0.2, 0.25) is 0 Å². The van der Waals surface area contributed by atoms with Gasteiger partial charge in [0.15, 0.2) is 11.0 Å². The molecule has 0 unspecified atom stereocenters. The van der Waals surface area contributed by atoms with Gasteiger partial charge in [-0.15, -0.1) is 10.2 Å². The number of thioether (sulfide) groups is 1. The molecule has 0 aliphatic heterocycles. The predicted octanol–water partition coefficient (Wildman–Crippen LogP) is 3.89. The van der Waals surface area contributed by atoms with E-state index in [0.717, 1.165) is 22.7 Å². The Hall–Kier alpha value is -2.80. The molecule has 1 heterocycles. The Morgan fingerprint density at radius 2 is 1.78 bits per heavy atom. The lowest BCUT2D eigenvalue weighted by atomic mass is 10.1. The maximum Gasteiger partial charge on any atom is 0.321 e. The summed E-state index contributed by atoms with van der Waals surface area (Å²) in [5, 5.41) is 9.12. The first kappa shape index (κ1) is 19.0. The fourth-order valence-electron chi connectivity index (χ4n) is 2.55. The van der Waals surface area contributed by atoms with Crippen LogP contribution in [0.5, 0.6) is 11.5 Å². The lowest BCUT2D eigenvalue weighted by Crippen LogP contribution is -2.11. The molecule has 2 aromatic carbocycles. The Kier molecular flexibility index (Phi) is 6.13. The summed E-state index contributed by atoms with van der Waals surface area (Å²) in [4.78, 5) is 12.1. The molecule has 0 fully saturated rings. The summed E-state index contributed by atoms with van der Waals surface area (Å²) in [6, 6.07) is 15.0. The van der Waals surface area contributed by atoms with E-state index in [1.54, 1.807) is 24.3 Å². The van der Waals surface area contributed by atoms with E-state index in [0.29, 0.717) is 17.5 Å². The zero-order valence-electron chi connectivity index (χ0n) is 15.5. The van der Waals surface area contributed by atoms with Crippen LogP contribution in [0.3, 0.4) is 0 Å². The Labute approximate surface area is 162 Å². The van der Waals surface area contributed by atoms with E-state index in [1.165, 1.54) is 11.8 Å². The maximum absolute atomic E-state index is 12.1. The van der Waals surface area contributed by atoms with Crippen molar-refractivity contribution in [2.75, 3.05) is 12.4 Å². The van der Waals surface area contributed by atoms with Gasteiger partial charge in [0.05, 0.1) is 12.4 Å². The highest BCUT2D eigenvalue weighted by Gasteiger charge is 2.15. The molecule has 7 heteroatoms. The molecule has 3 aromatic rings. The van der Waals surface area contributed by atoms with E-state index in [2.05, 4.69) is 10.2 Å². The number of aromatic nitrogens is 3. The highest BCUT2D eigenvalue weighted by molar-refractivity contribution is 7.99. The summed E-state index contributed by atoms with van der Waals surface area (Å²) in [5.74, 6) is 1.81. The molecule has 0 saturated carbocycles. The fourth-order valence-corrected chi connectivity index (χ4v) is 3.24. The van der Waals surface area contributed by atoms with Gasteiger partial charge in [-0.05, 0) is 43.7 Å². The standard InChI is InChI=1S/C20H21N3O3S/c1-4-25-15-9-11-16(12-10-15)26-18(24)13-27-20-22-21-19(23(20)3)17-8-6-5-7-14(17)2/h5-12H,4,13H2,1-3H3. The molecule has 0 saturated heterocycles. The minimum atomic E-state index is -0.343. The van der Waals surface area contributed by atoms with Gasteiger partial charge < -0.3 is 14.0 Å². The van der Waals surface area contributed by atoms with Crippen LogP contribution < -0.4 is 9.47 Å². The van der Waals surface area contributed by atoms with Crippen molar-refractivity contribution in [2.45, 2.75) is 19.0 Å². The van der Waals surface area contributed by atoms with Gasteiger partial charge >= 0.3 is 5.97 Å². The first-order valence-corrected chi connectivity index (χ1v) is 9.58. The number of carbonyl (C=O) groups excluding carboxylic acids is 1. The van der Waals surface area contributed by atoms with Gasteiger partial charge in [-0.3, -0.25) is 4.79 Å². The molecule has 0 N–H and O–H groups in total. The smallest absolute Gasteiger partial charge is 0.321 e. The lowest BCUT2D eigenvalue weighted by Gasteiger charge is -2.07. The van der Waals surface area contributed by atoms with Gasteiger partial charge in [0, 0.05) is 12.6 Å². The summed E-state index contributed by atoms with van der Waals surface area (Å²) < 4.78 is 12.6. The van der Waals surface area contributed by atoms with Crippen LogP contribution in [0, 0.1) is 6.92 Å². The molecule has 3 rings (SSSR count). The Balaban J connectivity index is 1.60. The van der Waals surface area contributed by atoms with E-state index >= 15 is 0 Å². The third kappa shape index (κ3) is 4.68. The van der Waals surface area contributed by atoms with Crippen LogP contribution in [-0.2, 0) is 11.8 Å². The highest BCUT2D eigenvalue weighted by Crippen LogP contribution is 2.25. The van der Waals surface area contributed by atoms with E-state index in [-0.39, 0.29) is 11.7 Å². The normalized spacial score (nSPS) is 10.6. The molecule has 0 aliphatic carbocycles. The molecule has 1 aromatic heterocycles. The molecule has 27 heavy (non-hydrogen) atoms. The van der Waals surface area contributed by atoms with Crippen LogP contribution in [0.4, 0.5) is 0 Å². The number of hydrogen-bond acceptors (Lipinski definition) is 6. The number of benzene rings is 2. The van der Waals surface area contributed by atoms with Crippen molar-refractivity contribution in [3.63, 3.8) is 0 Å². The highest BCUT2D eigenvalue weighted by atomic mass is 32.2. The van der Waals surface area contributed by atoms with Gasteiger partial charge in [-0.2, -0.15) is 0 Å². The van der Waals surface area contributed by atoms with Crippen molar-refractivity contribution in [1.82, 2.24) is 14.8 Å². The Bertz CT molecular complexity index is 922. The maximum atomic E-state index is 12.1. The molecular weight excluding hydrogens is 362 g/mol. The predicted molar refractivity (Wildman–Crippen MR) is 105 cm³/mol. The summed E-state index contributed by atoms with van der Waals surface area (Å²) in [5.41, 5.74) is 2.15. The van der Waals surface area contributed by atoms with Crippen LogP contribution in [-0.4, -0.2) is 33.1 Å². The summed E-state index contributed by atoms with van der Waals surface area (Å²) in [7, 11) is 1.89. The van der Waals surface area contributed by atoms with Crippen molar-refractivity contribution in [1.29, 1.82) is 0 Å². The zero-order chi connectivity index (χ0) is 19.2. The summed E-state index contributed by atoms with van der Waals surface area (Å²) >= 11 is 1.30. The van der Waals surface area contributed by atoms with Gasteiger partial charge in [-0.1, -0.05) is 36.0 Å². The SMILES string of the molecule is CCOc1ccc(OC(=O)CSc2nnc(-c3ccccc3C)n2C)cc1. The molecule has 0 bridgehead atoms. The second kappa shape index (κ2) is 8.73. The van der Waals surface area contributed by atoms with Crippen molar-refractivity contribution in [3.8, 4) is 22.9 Å². The van der Waals surface area contributed by atoms with Gasteiger partial charge in [-0.25, -0.2) is 0 Å². The van der Waals surface area contributed by atoms with E-state index in [1.807, 2.05) is 49.7 Å². The second-order valence-electron chi connectivity index (χ2n) is 5.85. The fraction of sp³-hybridized carbons (Fsp3) is 0.250. The number of nitrogens with zero attached hydrogens (tertiary/aromatic N) is 3. The monoisotopic (exact) mass is 383 g/mol. The number of ether oxygens (including phenoxy) is 2. The minimum absolute atomic E-state index is 0.146. The van der Waals surface area contributed by atoms with E-state index < -0.39 is 0 Å². The molecule has 0 atom stereocenters. The number of esters is 1. The molecule has 0 radical (unpaired) electrons. The second-order valence-corrected chi connectivity index (χ2v) is 6.79. The molecule has 0 amide bonds. The number of aryl methyl sites for hydroxylation is 1. The van der Waals surface area contributed by atoms with Crippen LogP contribution >= 0.6 is 11.8 Å². The topological polar surface area (TPSA) is 66.2 Å². The van der Waals surface area contributed by atoms with Crippen LogP contribution in [0.25, 0.3) is 11.4 Å². The summed E-state index contributed by atoms with van der Waals surface area (Å²) in [6.45, 7) is 4.55. The molecule has 6 nitrogen and oxygen atoms in total.